The van der Waals surface area contributed by atoms with Gasteiger partial charge in [-0.2, -0.15) is 0 Å². The number of benzene rings is 1. The molecule has 0 aliphatic heterocycles. The zero-order valence-electron chi connectivity index (χ0n) is 11.4. The average molecular weight is 276 g/mol. The Morgan fingerprint density at radius 2 is 1.90 bits per heavy atom. The second-order valence-corrected chi connectivity index (χ2v) is 4.94. The van der Waals surface area contributed by atoms with Crippen molar-refractivity contribution in [2.45, 2.75) is 38.7 Å². The van der Waals surface area contributed by atoms with Crippen molar-refractivity contribution in [3.05, 3.63) is 41.7 Å². The number of esters is 1. The Labute approximate surface area is 117 Å². The average Bonchev–Trinajstić information content (AvgIpc) is 2.89. The maximum absolute atomic E-state index is 13.7. The molecule has 20 heavy (non-hydrogen) atoms. The van der Waals surface area contributed by atoms with Gasteiger partial charge in [0.1, 0.15) is 11.9 Å². The van der Waals surface area contributed by atoms with Crippen LogP contribution in [-0.2, 0) is 14.3 Å². The third kappa shape index (κ3) is 3.53. The molecule has 0 atom stereocenters. The summed E-state index contributed by atoms with van der Waals surface area (Å²) in [6.45, 7) is 1.31. The van der Waals surface area contributed by atoms with E-state index in [0.717, 1.165) is 31.8 Å². The molecule has 3 nitrogen and oxygen atoms in total. The van der Waals surface area contributed by atoms with E-state index in [1.807, 2.05) is 0 Å². The summed E-state index contributed by atoms with van der Waals surface area (Å²) in [5, 5.41) is 0. The van der Waals surface area contributed by atoms with Gasteiger partial charge in [0.2, 0.25) is 0 Å². The fourth-order valence-electron chi connectivity index (χ4n) is 2.37. The molecule has 0 amide bonds. The summed E-state index contributed by atoms with van der Waals surface area (Å²) in [6.07, 6.45) is 4.83. The van der Waals surface area contributed by atoms with Gasteiger partial charge in [-0.05, 0) is 38.7 Å². The van der Waals surface area contributed by atoms with Crippen LogP contribution in [0, 0.1) is 5.82 Å². The van der Waals surface area contributed by atoms with Gasteiger partial charge in [0.05, 0.1) is 0 Å². The number of carbonyl (C=O) groups is 2. The first kappa shape index (κ1) is 14.4. The van der Waals surface area contributed by atoms with Gasteiger partial charge in [-0.3, -0.25) is 4.79 Å². The molecule has 4 heteroatoms. The van der Waals surface area contributed by atoms with Crippen molar-refractivity contribution in [3.63, 3.8) is 0 Å². The van der Waals surface area contributed by atoms with Gasteiger partial charge < -0.3 is 4.74 Å². The molecule has 0 radical (unpaired) electrons. The quantitative estimate of drug-likeness (QED) is 0.626. The van der Waals surface area contributed by atoms with E-state index >= 15 is 0 Å². The predicted octanol–water partition coefficient (Wildman–Crippen LogP) is 3.28. The topological polar surface area (TPSA) is 43.4 Å². The van der Waals surface area contributed by atoms with Crippen LogP contribution in [0.25, 0.3) is 5.57 Å². The molecule has 1 aromatic rings. The van der Waals surface area contributed by atoms with Crippen LogP contribution < -0.4 is 0 Å². The van der Waals surface area contributed by atoms with Crippen LogP contribution in [0.4, 0.5) is 4.39 Å². The molecule has 0 heterocycles. The molecule has 1 fully saturated rings. The number of halogens is 1. The monoisotopic (exact) mass is 276 g/mol. The van der Waals surface area contributed by atoms with Gasteiger partial charge in [0.15, 0.2) is 5.78 Å². The first-order valence-electron chi connectivity index (χ1n) is 6.76. The molecule has 1 aliphatic rings. The lowest BCUT2D eigenvalue weighted by Crippen LogP contribution is -2.14. The van der Waals surface area contributed by atoms with E-state index in [0.29, 0.717) is 0 Å². The Hall–Kier alpha value is -1.97. The summed E-state index contributed by atoms with van der Waals surface area (Å²) in [5.41, 5.74) is 0.175. The lowest BCUT2D eigenvalue weighted by molar-refractivity contribution is -0.142. The maximum Gasteiger partial charge on any atom is 0.331 e. The van der Waals surface area contributed by atoms with Crippen molar-refractivity contribution in [1.82, 2.24) is 0 Å². The number of allylic oxidation sites excluding steroid dienone is 1. The number of carbonyl (C=O) groups excluding carboxylic acids is 2. The molecule has 0 N–H and O–H groups in total. The molecule has 2 rings (SSSR count). The molecule has 1 aromatic carbocycles. The van der Waals surface area contributed by atoms with Gasteiger partial charge in [0.25, 0.3) is 0 Å². The van der Waals surface area contributed by atoms with E-state index in [-0.39, 0.29) is 23.0 Å². The van der Waals surface area contributed by atoms with Crippen molar-refractivity contribution in [2.75, 3.05) is 0 Å². The van der Waals surface area contributed by atoms with Crippen molar-refractivity contribution in [3.8, 4) is 0 Å². The van der Waals surface area contributed by atoms with E-state index in [9.17, 15) is 14.0 Å². The largest absolute Gasteiger partial charge is 0.459 e. The third-order valence-corrected chi connectivity index (χ3v) is 3.39. The zero-order valence-corrected chi connectivity index (χ0v) is 11.4. The van der Waals surface area contributed by atoms with E-state index in [1.165, 1.54) is 25.1 Å². The van der Waals surface area contributed by atoms with E-state index in [1.54, 1.807) is 6.07 Å². The highest BCUT2D eigenvalue weighted by Crippen LogP contribution is 2.23. The SMILES string of the molecule is CC(=O)C(=CC(=O)OC1CCCC1)c1ccccc1F. The second-order valence-electron chi connectivity index (χ2n) is 4.94. The summed E-state index contributed by atoms with van der Waals surface area (Å²) in [6, 6.07) is 5.89. The van der Waals surface area contributed by atoms with Gasteiger partial charge in [-0.25, -0.2) is 9.18 Å². The molecular formula is C16H17FO3. The Balaban J connectivity index is 2.19. The van der Waals surface area contributed by atoms with Gasteiger partial charge in [-0.15, -0.1) is 0 Å². The number of hydrogen-bond acceptors (Lipinski definition) is 3. The summed E-state index contributed by atoms with van der Waals surface area (Å²) in [5.74, 6) is -1.47. The Morgan fingerprint density at radius 3 is 2.50 bits per heavy atom. The van der Waals surface area contributed by atoms with Crippen LogP contribution >= 0.6 is 0 Å². The highest BCUT2D eigenvalue weighted by atomic mass is 19.1. The minimum atomic E-state index is -0.578. The van der Waals surface area contributed by atoms with Crippen molar-refractivity contribution in [1.29, 1.82) is 0 Å². The highest BCUT2D eigenvalue weighted by Gasteiger charge is 2.20. The molecule has 0 spiro atoms. The molecule has 1 saturated carbocycles. The second kappa shape index (κ2) is 6.46. The molecular weight excluding hydrogens is 259 g/mol. The summed E-state index contributed by atoms with van der Waals surface area (Å²) >= 11 is 0. The first-order chi connectivity index (χ1) is 9.58. The van der Waals surface area contributed by atoms with Crippen molar-refractivity contribution in [2.24, 2.45) is 0 Å². The summed E-state index contributed by atoms with van der Waals surface area (Å²) < 4.78 is 19.0. The Bertz CT molecular complexity index is 542. The number of ether oxygens (including phenoxy) is 1. The van der Waals surface area contributed by atoms with Gasteiger partial charge in [-0.1, -0.05) is 18.2 Å². The summed E-state index contributed by atoms with van der Waals surface area (Å²) in [7, 11) is 0. The highest BCUT2D eigenvalue weighted by molar-refractivity contribution is 6.23. The Kier molecular flexibility index (Phi) is 4.66. The van der Waals surface area contributed by atoms with Gasteiger partial charge in [0, 0.05) is 17.2 Å². The molecule has 0 saturated heterocycles. The predicted molar refractivity (Wildman–Crippen MR) is 73.4 cm³/mol. The smallest absolute Gasteiger partial charge is 0.331 e. The maximum atomic E-state index is 13.7. The fraction of sp³-hybridized carbons (Fsp3) is 0.375. The Morgan fingerprint density at radius 1 is 1.25 bits per heavy atom. The molecule has 0 bridgehead atoms. The van der Waals surface area contributed by atoms with Crippen LogP contribution in [0.1, 0.15) is 38.2 Å². The first-order valence-corrected chi connectivity index (χ1v) is 6.76. The zero-order chi connectivity index (χ0) is 14.5. The standard InChI is InChI=1S/C16H17FO3/c1-11(18)14(13-8-4-5-9-15(13)17)10-16(19)20-12-6-2-3-7-12/h4-5,8-10,12H,2-3,6-7H2,1H3. The van der Waals surface area contributed by atoms with Crippen LogP contribution in [0.5, 0.6) is 0 Å². The van der Waals surface area contributed by atoms with Crippen LogP contribution in [0.15, 0.2) is 30.3 Å². The van der Waals surface area contributed by atoms with Crippen molar-refractivity contribution >= 4 is 17.3 Å². The minimum Gasteiger partial charge on any atom is -0.459 e. The fourth-order valence-corrected chi connectivity index (χ4v) is 2.37. The van der Waals surface area contributed by atoms with E-state index in [4.69, 9.17) is 4.74 Å². The molecule has 106 valence electrons. The van der Waals surface area contributed by atoms with Crippen LogP contribution in [0.3, 0.4) is 0 Å². The number of ketones is 1. The number of Topliss-reactive ketones (excluding diaryl/α,β-unsaturated/α-hetero) is 1. The molecule has 0 aromatic heterocycles. The molecule has 1 aliphatic carbocycles. The minimum absolute atomic E-state index is 0.0473. The van der Waals surface area contributed by atoms with Gasteiger partial charge >= 0.3 is 5.97 Å². The normalized spacial score (nSPS) is 16.2. The van der Waals surface area contributed by atoms with E-state index < -0.39 is 11.8 Å². The number of hydrogen-bond donors (Lipinski definition) is 0. The lowest BCUT2D eigenvalue weighted by Gasteiger charge is -2.10. The number of rotatable bonds is 4. The molecule has 0 unspecified atom stereocenters. The van der Waals surface area contributed by atoms with Crippen molar-refractivity contribution < 1.29 is 18.7 Å². The third-order valence-electron chi connectivity index (χ3n) is 3.39. The van der Waals surface area contributed by atoms with Crippen LogP contribution in [0.2, 0.25) is 0 Å². The van der Waals surface area contributed by atoms with E-state index in [2.05, 4.69) is 0 Å². The summed E-state index contributed by atoms with van der Waals surface area (Å²) in [4.78, 5) is 23.5. The lowest BCUT2D eigenvalue weighted by atomic mass is 10.0. The van der Waals surface area contributed by atoms with Crippen LogP contribution in [-0.4, -0.2) is 17.9 Å².